The molecule has 2 fully saturated rings. The molecule has 0 aliphatic carbocycles. The van der Waals surface area contributed by atoms with Gasteiger partial charge in [-0.25, -0.2) is 4.90 Å². The van der Waals surface area contributed by atoms with E-state index in [-0.39, 0.29) is 17.7 Å². The van der Waals surface area contributed by atoms with Crippen molar-refractivity contribution in [2.45, 2.75) is 24.9 Å². The topological polar surface area (TPSA) is 123 Å². The Morgan fingerprint density at radius 2 is 1.69 bits per heavy atom. The van der Waals surface area contributed by atoms with E-state index in [1.165, 1.54) is 11.8 Å². The predicted octanol–water partition coefficient (Wildman–Crippen LogP) is 3.29. The third kappa shape index (κ3) is 3.29. The maximum atomic E-state index is 14.1. The third-order valence-corrected chi connectivity index (χ3v) is 8.18. The molecule has 4 amide bonds. The molecule has 0 bridgehead atoms. The molecular weight excluding hydrogens is 494 g/mol. The van der Waals surface area contributed by atoms with Gasteiger partial charge in [0.2, 0.25) is 23.6 Å². The Balaban J connectivity index is 1.33. The van der Waals surface area contributed by atoms with Crippen LogP contribution in [-0.2, 0) is 31.1 Å². The summed E-state index contributed by atoms with van der Waals surface area (Å²) in [7, 11) is 0. The van der Waals surface area contributed by atoms with Crippen LogP contribution in [0.15, 0.2) is 79.0 Å². The number of rotatable bonds is 4. The number of hydrogen-bond acceptors (Lipinski definition) is 5. The maximum Gasteiger partial charge on any atom is 0.250 e. The van der Waals surface area contributed by atoms with Crippen molar-refractivity contribution in [2.75, 3.05) is 15.5 Å². The maximum absolute atomic E-state index is 14.1. The molecule has 4 heterocycles. The van der Waals surface area contributed by atoms with Crippen LogP contribution in [0, 0.1) is 11.8 Å². The van der Waals surface area contributed by atoms with E-state index in [1.807, 2.05) is 54.7 Å². The number of H-pyrrole nitrogens is 1. The van der Waals surface area contributed by atoms with Gasteiger partial charge in [-0.05, 0) is 48.4 Å². The summed E-state index contributed by atoms with van der Waals surface area (Å²) in [6.07, 6.45) is 2.38. The van der Waals surface area contributed by atoms with E-state index in [2.05, 4.69) is 20.9 Å². The van der Waals surface area contributed by atoms with Crippen molar-refractivity contribution in [1.29, 1.82) is 0 Å². The molecule has 7 rings (SSSR count). The molecule has 1 spiro atoms. The molecule has 9 nitrogen and oxygen atoms in total. The highest BCUT2D eigenvalue weighted by molar-refractivity contribution is 6.26. The van der Waals surface area contributed by atoms with Gasteiger partial charge < -0.3 is 15.6 Å². The first-order valence-electron chi connectivity index (χ1n) is 12.9. The quantitative estimate of drug-likeness (QED) is 0.308. The van der Waals surface area contributed by atoms with E-state index in [0.29, 0.717) is 29.0 Å². The average molecular weight is 520 g/mol. The van der Waals surface area contributed by atoms with Crippen LogP contribution < -0.4 is 20.9 Å². The van der Waals surface area contributed by atoms with Gasteiger partial charge in [0.1, 0.15) is 5.54 Å². The van der Waals surface area contributed by atoms with E-state index in [1.54, 1.807) is 24.3 Å². The van der Waals surface area contributed by atoms with Crippen LogP contribution in [0.4, 0.5) is 17.1 Å². The zero-order valence-corrected chi connectivity index (χ0v) is 21.0. The van der Waals surface area contributed by atoms with Crippen molar-refractivity contribution < 1.29 is 19.2 Å². The van der Waals surface area contributed by atoms with Crippen molar-refractivity contribution in [3.05, 3.63) is 90.1 Å². The fourth-order valence-electron chi connectivity index (χ4n) is 6.62. The van der Waals surface area contributed by atoms with Gasteiger partial charge in [-0.2, -0.15) is 0 Å². The standard InChI is InChI=1S/C30H25N5O4/c1-16(36)32-18-10-12-19(13-11-18)35-27(37)25-24(14-17-15-31-22-8-4-2-6-20(17)22)34-30(26(25)28(35)38)21-7-3-5-9-23(21)33-29(30)39/h2-13,15,24-26,31,34H,14H2,1H3,(H,32,36)(H,33,39)/t24-,25-,26-,30+/m0/s1. The number of nitrogens with zero attached hydrogens (tertiary/aromatic N) is 1. The van der Waals surface area contributed by atoms with Crippen LogP contribution in [-0.4, -0.2) is 34.7 Å². The summed E-state index contributed by atoms with van der Waals surface area (Å²) in [5.74, 6) is -2.98. The minimum atomic E-state index is -1.37. The molecular formula is C30H25N5O4. The van der Waals surface area contributed by atoms with Gasteiger partial charge in [0.05, 0.1) is 17.5 Å². The molecule has 2 saturated heterocycles. The third-order valence-electron chi connectivity index (χ3n) is 8.18. The zero-order chi connectivity index (χ0) is 26.9. The van der Waals surface area contributed by atoms with Crippen LogP contribution in [0.5, 0.6) is 0 Å². The number of carbonyl (C=O) groups is 4. The summed E-state index contributed by atoms with van der Waals surface area (Å²) in [5.41, 5.74) is 2.90. The van der Waals surface area contributed by atoms with E-state index < -0.39 is 29.3 Å². The highest BCUT2D eigenvalue weighted by Gasteiger charge is 2.70. The number of imide groups is 1. The second-order valence-corrected chi connectivity index (χ2v) is 10.4. The van der Waals surface area contributed by atoms with Gasteiger partial charge in [-0.15, -0.1) is 0 Å². The highest BCUT2D eigenvalue weighted by Crippen LogP contribution is 2.54. The predicted molar refractivity (Wildman–Crippen MR) is 146 cm³/mol. The van der Waals surface area contributed by atoms with Crippen molar-refractivity contribution >= 4 is 51.6 Å². The largest absolute Gasteiger partial charge is 0.361 e. The molecule has 194 valence electrons. The van der Waals surface area contributed by atoms with Crippen molar-refractivity contribution in [3.63, 3.8) is 0 Å². The molecule has 4 aromatic rings. The molecule has 3 aromatic carbocycles. The average Bonchev–Trinajstić information content (AvgIpc) is 3.63. The lowest BCUT2D eigenvalue weighted by Gasteiger charge is -2.29. The summed E-state index contributed by atoms with van der Waals surface area (Å²) < 4.78 is 0. The minimum Gasteiger partial charge on any atom is -0.361 e. The van der Waals surface area contributed by atoms with Crippen LogP contribution in [0.3, 0.4) is 0 Å². The Kier molecular flexibility index (Phi) is 5.02. The molecule has 4 N–H and O–H groups in total. The summed E-state index contributed by atoms with van der Waals surface area (Å²) in [6.45, 7) is 1.41. The van der Waals surface area contributed by atoms with Crippen molar-refractivity contribution in [3.8, 4) is 0 Å². The minimum absolute atomic E-state index is 0.218. The molecule has 0 radical (unpaired) electrons. The van der Waals surface area contributed by atoms with Gasteiger partial charge in [0.25, 0.3) is 0 Å². The SMILES string of the molecule is CC(=O)Nc1ccc(N2C(=O)[C@H]3[C@H](Cc4c[nH]c5ccccc45)N[C@@]4(C(=O)Nc5ccccc54)[C@@H]3C2=O)cc1. The number of aromatic nitrogens is 1. The lowest BCUT2D eigenvalue weighted by molar-refractivity contribution is -0.130. The van der Waals surface area contributed by atoms with Crippen LogP contribution in [0.1, 0.15) is 18.1 Å². The van der Waals surface area contributed by atoms with Crippen molar-refractivity contribution in [1.82, 2.24) is 10.3 Å². The molecule has 9 heteroatoms. The summed E-state index contributed by atoms with van der Waals surface area (Å²) in [6, 6.07) is 21.4. The lowest BCUT2D eigenvalue weighted by Crippen LogP contribution is -2.53. The molecule has 3 aliphatic rings. The monoisotopic (exact) mass is 519 g/mol. The summed E-state index contributed by atoms with van der Waals surface area (Å²) >= 11 is 0. The molecule has 39 heavy (non-hydrogen) atoms. The van der Waals surface area contributed by atoms with Gasteiger partial charge in [0, 0.05) is 47.0 Å². The molecule has 0 saturated carbocycles. The van der Waals surface area contributed by atoms with Crippen LogP contribution in [0.25, 0.3) is 10.9 Å². The lowest BCUT2D eigenvalue weighted by atomic mass is 9.76. The van der Waals surface area contributed by atoms with Gasteiger partial charge in [-0.1, -0.05) is 36.4 Å². The second kappa shape index (κ2) is 8.37. The fraction of sp³-hybridized carbons (Fsp3) is 0.200. The van der Waals surface area contributed by atoms with Gasteiger partial charge in [0.15, 0.2) is 0 Å². The summed E-state index contributed by atoms with van der Waals surface area (Å²) in [5, 5.41) is 10.2. The second-order valence-electron chi connectivity index (χ2n) is 10.4. The van der Waals surface area contributed by atoms with E-state index in [4.69, 9.17) is 0 Å². The Morgan fingerprint density at radius 1 is 0.949 bits per heavy atom. The first-order chi connectivity index (χ1) is 18.9. The first-order valence-corrected chi connectivity index (χ1v) is 12.9. The molecule has 0 unspecified atom stereocenters. The molecule has 3 aliphatic heterocycles. The van der Waals surface area contributed by atoms with Crippen molar-refractivity contribution in [2.24, 2.45) is 11.8 Å². The number of anilines is 3. The Morgan fingerprint density at radius 3 is 2.49 bits per heavy atom. The van der Waals surface area contributed by atoms with Gasteiger partial charge >= 0.3 is 0 Å². The van der Waals surface area contributed by atoms with Gasteiger partial charge in [-0.3, -0.25) is 24.5 Å². The molecule has 4 atom stereocenters. The smallest absolute Gasteiger partial charge is 0.250 e. The number of benzene rings is 3. The Labute approximate surface area is 223 Å². The number of amides is 4. The van der Waals surface area contributed by atoms with E-state index in [9.17, 15) is 19.2 Å². The number of carbonyl (C=O) groups excluding carboxylic acids is 4. The zero-order valence-electron chi connectivity index (χ0n) is 21.0. The normalized spacial score (nSPS) is 25.3. The van der Waals surface area contributed by atoms with E-state index >= 15 is 0 Å². The highest BCUT2D eigenvalue weighted by atomic mass is 16.2. The first kappa shape index (κ1) is 23.4. The molecule has 1 aromatic heterocycles. The van der Waals surface area contributed by atoms with E-state index in [0.717, 1.165) is 16.5 Å². The van der Waals surface area contributed by atoms with Crippen LogP contribution in [0.2, 0.25) is 0 Å². The number of hydrogen-bond donors (Lipinski definition) is 4. The van der Waals surface area contributed by atoms with Crippen LogP contribution >= 0.6 is 0 Å². The number of aromatic amines is 1. The Hall–Kier alpha value is -4.76. The Bertz CT molecular complexity index is 1690. The number of nitrogens with one attached hydrogen (secondary N) is 4. The number of para-hydroxylation sites is 2. The fourth-order valence-corrected chi connectivity index (χ4v) is 6.62. The summed E-state index contributed by atoms with van der Waals surface area (Å²) in [4.78, 5) is 57.8. The number of fused-ring (bicyclic) bond motifs is 5.